The molecular weight excluding hydrogens is 402 g/mol. The van der Waals surface area contributed by atoms with Crippen LogP contribution in [0.25, 0.3) is 0 Å². The maximum absolute atomic E-state index is 12.7. The Morgan fingerprint density at radius 2 is 2.09 bits per heavy atom. The molecule has 0 fully saturated rings. The van der Waals surface area contributed by atoms with Crippen molar-refractivity contribution < 1.29 is 9.59 Å². The van der Waals surface area contributed by atoms with Gasteiger partial charge in [-0.25, -0.2) is 4.98 Å². The molecular formula is C25H27N5O2. The van der Waals surface area contributed by atoms with Crippen molar-refractivity contribution in [3.05, 3.63) is 65.4 Å². The molecule has 7 nitrogen and oxygen atoms in total. The Morgan fingerprint density at radius 1 is 1.28 bits per heavy atom. The zero-order valence-corrected chi connectivity index (χ0v) is 18.5. The molecule has 0 saturated carbocycles. The van der Waals surface area contributed by atoms with Gasteiger partial charge in [-0.2, -0.15) is 5.26 Å². The standard InChI is InChI=1S/C25H27N5O2/c1-15(31)29-22-10-8-17(13-27-22)24(32)28-14-25(2,3)23-19-6-4-5-18(19)20-11-16(12-26)7-9-21(20)30-23/h4-5,7-11,13,18-19,23,30H,6,14H2,1-3H3,(H,28,32)(H,27,29,31)/t18-,19+,23-/m0/s1. The predicted molar refractivity (Wildman–Crippen MR) is 123 cm³/mol. The van der Waals surface area contributed by atoms with Gasteiger partial charge in [0.25, 0.3) is 5.91 Å². The fourth-order valence-electron chi connectivity index (χ4n) is 4.74. The molecule has 2 heterocycles. The van der Waals surface area contributed by atoms with Crippen LogP contribution in [0.1, 0.15) is 54.6 Å². The van der Waals surface area contributed by atoms with Crippen molar-refractivity contribution in [3.8, 4) is 6.07 Å². The number of nitrogens with zero attached hydrogens (tertiary/aromatic N) is 2. The van der Waals surface area contributed by atoms with Crippen molar-refractivity contribution in [1.29, 1.82) is 5.26 Å². The number of hydrogen-bond acceptors (Lipinski definition) is 5. The third-order valence-electron chi connectivity index (χ3n) is 6.37. The molecule has 0 bridgehead atoms. The summed E-state index contributed by atoms with van der Waals surface area (Å²) in [5.41, 5.74) is 3.12. The van der Waals surface area contributed by atoms with Gasteiger partial charge in [-0.15, -0.1) is 0 Å². The highest BCUT2D eigenvalue weighted by atomic mass is 16.2. The van der Waals surface area contributed by atoms with E-state index in [1.165, 1.54) is 18.7 Å². The molecule has 1 aromatic heterocycles. The quantitative estimate of drug-likeness (QED) is 0.627. The van der Waals surface area contributed by atoms with Crippen LogP contribution in [-0.2, 0) is 4.79 Å². The smallest absolute Gasteiger partial charge is 0.252 e. The molecule has 1 aromatic carbocycles. The summed E-state index contributed by atoms with van der Waals surface area (Å²) >= 11 is 0. The number of nitriles is 1. The number of rotatable bonds is 5. The summed E-state index contributed by atoms with van der Waals surface area (Å²) in [4.78, 5) is 28.0. The molecule has 4 rings (SSSR count). The van der Waals surface area contributed by atoms with Crippen molar-refractivity contribution in [2.75, 3.05) is 17.2 Å². The summed E-state index contributed by atoms with van der Waals surface area (Å²) in [6.07, 6.45) is 6.89. The molecule has 0 radical (unpaired) electrons. The predicted octanol–water partition coefficient (Wildman–Crippen LogP) is 3.82. The SMILES string of the molecule is CC(=O)Nc1ccc(C(=O)NCC(C)(C)[C@H]2Nc3ccc(C#N)cc3[C@H]3C=CC[C@H]32)cn1. The fraction of sp³-hybridized carbons (Fsp3) is 0.360. The summed E-state index contributed by atoms with van der Waals surface area (Å²) in [6.45, 7) is 6.22. The maximum atomic E-state index is 12.7. The Morgan fingerprint density at radius 3 is 2.78 bits per heavy atom. The highest BCUT2D eigenvalue weighted by molar-refractivity contribution is 5.94. The number of pyridine rings is 1. The minimum Gasteiger partial charge on any atom is -0.381 e. The summed E-state index contributed by atoms with van der Waals surface area (Å²) < 4.78 is 0. The number of aromatic nitrogens is 1. The Hall–Kier alpha value is -3.66. The van der Waals surface area contributed by atoms with Crippen molar-refractivity contribution in [2.45, 2.75) is 39.2 Å². The van der Waals surface area contributed by atoms with Crippen LogP contribution in [0, 0.1) is 22.7 Å². The van der Waals surface area contributed by atoms with Gasteiger partial charge in [-0.05, 0) is 48.2 Å². The number of anilines is 2. The molecule has 32 heavy (non-hydrogen) atoms. The van der Waals surface area contributed by atoms with Crippen LogP contribution in [-0.4, -0.2) is 29.4 Å². The van der Waals surface area contributed by atoms with Crippen molar-refractivity contribution in [2.24, 2.45) is 11.3 Å². The summed E-state index contributed by atoms with van der Waals surface area (Å²) in [7, 11) is 0. The van der Waals surface area contributed by atoms with Gasteiger partial charge in [-0.3, -0.25) is 9.59 Å². The van der Waals surface area contributed by atoms with E-state index in [-0.39, 0.29) is 29.2 Å². The average Bonchev–Trinajstić information content (AvgIpc) is 3.27. The first kappa shape index (κ1) is 21.6. The number of benzene rings is 1. The van der Waals surface area contributed by atoms with Crippen LogP contribution in [0.4, 0.5) is 11.5 Å². The lowest BCUT2D eigenvalue weighted by Crippen LogP contribution is -2.51. The first-order chi connectivity index (χ1) is 15.3. The number of carbonyl (C=O) groups is 2. The lowest BCUT2D eigenvalue weighted by atomic mass is 9.69. The van der Waals surface area contributed by atoms with E-state index in [2.05, 4.69) is 53.0 Å². The van der Waals surface area contributed by atoms with E-state index in [9.17, 15) is 14.9 Å². The third kappa shape index (κ3) is 4.22. The summed E-state index contributed by atoms with van der Waals surface area (Å²) in [5, 5.41) is 18.6. The second kappa shape index (κ2) is 8.46. The second-order valence-corrected chi connectivity index (χ2v) is 9.17. The van der Waals surface area contributed by atoms with E-state index in [0.29, 0.717) is 29.4 Å². The normalized spacial score (nSPS) is 21.0. The maximum Gasteiger partial charge on any atom is 0.252 e. The van der Waals surface area contributed by atoms with Crippen LogP contribution < -0.4 is 16.0 Å². The molecule has 3 atom stereocenters. The van der Waals surface area contributed by atoms with Gasteiger partial charge in [0, 0.05) is 42.7 Å². The second-order valence-electron chi connectivity index (χ2n) is 9.17. The summed E-state index contributed by atoms with van der Waals surface area (Å²) in [6, 6.07) is 11.5. The van der Waals surface area contributed by atoms with Gasteiger partial charge < -0.3 is 16.0 Å². The average molecular weight is 430 g/mol. The molecule has 0 spiro atoms. The zero-order chi connectivity index (χ0) is 22.9. The molecule has 2 amide bonds. The van der Waals surface area contributed by atoms with Crippen molar-refractivity contribution in [1.82, 2.24) is 10.3 Å². The number of amides is 2. The van der Waals surface area contributed by atoms with Gasteiger partial charge in [0.15, 0.2) is 0 Å². The molecule has 0 unspecified atom stereocenters. The minimum absolute atomic E-state index is 0.156. The van der Waals surface area contributed by atoms with Crippen molar-refractivity contribution >= 4 is 23.3 Å². The van der Waals surface area contributed by atoms with Crippen molar-refractivity contribution in [3.63, 3.8) is 0 Å². The third-order valence-corrected chi connectivity index (χ3v) is 6.37. The molecule has 1 aliphatic carbocycles. The molecule has 3 N–H and O–H groups in total. The first-order valence-electron chi connectivity index (χ1n) is 10.8. The number of allylic oxidation sites excluding steroid dienone is 2. The lowest BCUT2D eigenvalue weighted by molar-refractivity contribution is -0.114. The lowest BCUT2D eigenvalue weighted by Gasteiger charge is -2.45. The number of carbonyl (C=O) groups excluding carboxylic acids is 2. The van der Waals surface area contributed by atoms with E-state index in [4.69, 9.17) is 0 Å². The minimum atomic E-state index is -0.222. The topological polar surface area (TPSA) is 107 Å². The van der Waals surface area contributed by atoms with Crippen LogP contribution in [0.15, 0.2) is 48.7 Å². The van der Waals surface area contributed by atoms with E-state index < -0.39 is 0 Å². The Bertz CT molecular complexity index is 1110. The number of hydrogen-bond donors (Lipinski definition) is 3. The van der Waals surface area contributed by atoms with Gasteiger partial charge in [0.2, 0.25) is 5.91 Å². The van der Waals surface area contributed by atoms with Crippen LogP contribution >= 0.6 is 0 Å². The van der Waals surface area contributed by atoms with E-state index in [1.807, 2.05) is 18.2 Å². The molecule has 7 heteroatoms. The van der Waals surface area contributed by atoms with E-state index in [1.54, 1.807) is 12.1 Å². The van der Waals surface area contributed by atoms with Gasteiger partial charge in [0.05, 0.1) is 17.2 Å². The largest absolute Gasteiger partial charge is 0.381 e. The van der Waals surface area contributed by atoms with Crippen LogP contribution in [0.3, 0.4) is 0 Å². The molecule has 2 aromatic rings. The molecule has 1 aliphatic heterocycles. The first-order valence-corrected chi connectivity index (χ1v) is 10.8. The molecule has 164 valence electrons. The highest BCUT2D eigenvalue weighted by Gasteiger charge is 2.44. The monoisotopic (exact) mass is 429 g/mol. The van der Waals surface area contributed by atoms with E-state index in [0.717, 1.165) is 12.1 Å². The Balaban J connectivity index is 1.47. The number of fused-ring (bicyclic) bond motifs is 3. The molecule has 0 saturated heterocycles. The van der Waals surface area contributed by atoms with Gasteiger partial charge in [-0.1, -0.05) is 26.0 Å². The Labute approximate surface area is 187 Å². The highest BCUT2D eigenvalue weighted by Crippen LogP contribution is 2.48. The molecule has 2 aliphatic rings. The summed E-state index contributed by atoms with van der Waals surface area (Å²) in [5.74, 6) is 0.642. The van der Waals surface area contributed by atoms with Gasteiger partial charge >= 0.3 is 0 Å². The fourth-order valence-corrected chi connectivity index (χ4v) is 4.74. The zero-order valence-electron chi connectivity index (χ0n) is 18.5. The Kier molecular flexibility index (Phi) is 5.70. The van der Waals surface area contributed by atoms with Crippen LogP contribution in [0.5, 0.6) is 0 Å². The van der Waals surface area contributed by atoms with Gasteiger partial charge in [0.1, 0.15) is 5.82 Å². The van der Waals surface area contributed by atoms with E-state index >= 15 is 0 Å². The van der Waals surface area contributed by atoms with Crippen LogP contribution in [0.2, 0.25) is 0 Å². The number of nitrogens with one attached hydrogen (secondary N) is 3.